The molecule has 136 valence electrons. The molecule has 4 heteroatoms. The van der Waals surface area contributed by atoms with Gasteiger partial charge in [-0.2, -0.15) is 0 Å². The van der Waals surface area contributed by atoms with Gasteiger partial charge in [0.05, 0.1) is 6.54 Å². The van der Waals surface area contributed by atoms with Gasteiger partial charge in [-0.25, -0.2) is 0 Å². The maximum absolute atomic E-state index is 12.7. The van der Waals surface area contributed by atoms with Gasteiger partial charge in [0.1, 0.15) is 0 Å². The number of carbonyl (C=O) groups is 2. The van der Waals surface area contributed by atoms with Crippen LogP contribution in [0.1, 0.15) is 30.1 Å². The Hall–Kier alpha value is -2.62. The molecule has 0 aliphatic carbocycles. The zero-order chi connectivity index (χ0) is 18.4. The zero-order valence-electron chi connectivity index (χ0n) is 15.3. The second-order valence-corrected chi connectivity index (χ2v) is 6.74. The van der Waals surface area contributed by atoms with Crippen molar-refractivity contribution in [2.45, 2.75) is 19.8 Å². The van der Waals surface area contributed by atoms with Crippen molar-refractivity contribution in [2.24, 2.45) is 5.92 Å². The smallest absolute Gasteiger partial charge is 0.242 e. The Kier molecular flexibility index (Phi) is 6.05. The van der Waals surface area contributed by atoms with E-state index in [1.54, 1.807) is 0 Å². The molecule has 26 heavy (non-hydrogen) atoms. The number of hydrogen-bond donors (Lipinski definition) is 0. The third kappa shape index (κ3) is 4.31. The third-order valence-electron chi connectivity index (χ3n) is 5.11. The van der Waals surface area contributed by atoms with Gasteiger partial charge in [0, 0.05) is 36.8 Å². The number of ketones is 1. The van der Waals surface area contributed by atoms with Crippen molar-refractivity contribution >= 4 is 17.4 Å². The zero-order valence-corrected chi connectivity index (χ0v) is 15.3. The topological polar surface area (TPSA) is 40.6 Å². The molecule has 1 amide bonds. The number of benzene rings is 2. The maximum atomic E-state index is 12.7. The van der Waals surface area contributed by atoms with E-state index in [0.29, 0.717) is 19.6 Å². The summed E-state index contributed by atoms with van der Waals surface area (Å²) >= 11 is 0. The summed E-state index contributed by atoms with van der Waals surface area (Å²) in [5.41, 5.74) is 1.84. The molecule has 1 aliphatic heterocycles. The van der Waals surface area contributed by atoms with Gasteiger partial charge in [-0.15, -0.1) is 0 Å². The van der Waals surface area contributed by atoms with Crippen LogP contribution < -0.4 is 4.90 Å². The lowest BCUT2D eigenvalue weighted by Crippen LogP contribution is -2.45. The van der Waals surface area contributed by atoms with Crippen LogP contribution in [0, 0.1) is 5.92 Å². The van der Waals surface area contributed by atoms with Gasteiger partial charge in [-0.05, 0) is 31.9 Å². The van der Waals surface area contributed by atoms with Crippen molar-refractivity contribution in [3.8, 4) is 0 Å². The maximum Gasteiger partial charge on any atom is 0.242 e. The predicted molar refractivity (Wildman–Crippen MR) is 104 cm³/mol. The van der Waals surface area contributed by atoms with E-state index in [4.69, 9.17) is 0 Å². The Morgan fingerprint density at radius 3 is 2.12 bits per heavy atom. The van der Waals surface area contributed by atoms with Crippen LogP contribution in [0.2, 0.25) is 0 Å². The molecular formula is C22H26N2O2. The number of amides is 1. The summed E-state index contributed by atoms with van der Waals surface area (Å²) < 4.78 is 0. The van der Waals surface area contributed by atoms with Crippen molar-refractivity contribution in [3.05, 3.63) is 66.2 Å². The number of anilines is 1. The first-order valence-electron chi connectivity index (χ1n) is 9.36. The van der Waals surface area contributed by atoms with E-state index in [2.05, 4.69) is 11.8 Å². The second kappa shape index (κ2) is 8.65. The number of para-hydroxylation sites is 1. The van der Waals surface area contributed by atoms with Crippen molar-refractivity contribution in [1.29, 1.82) is 0 Å². The van der Waals surface area contributed by atoms with Gasteiger partial charge >= 0.3 is 0 Å². The average molecular weight is 350 g/mol. The average Bonchev–Trinajstić information content (AvgIpc) is 2.72. The van der Waals surface area contributed by atoms with E-state index < -0.39 is 0 Å². The molecule has 0 aromatic heterocycles. The summed E-state index contributed by atoms with van der Waals surface area (Å²) in [7, 11) is 0. The highest BCUT2D eigenvalue weighted by Gasteiger charge is 2.28. The van der Waals surface area contributed by atoms with Gasteiger partial charge in [-0.3, -0.25) is 9.59 Å². The van der Waals surface area contributed by atoms with Crippen LogP contribution in [0.3, 0.4) is 0 Å². The summed E-state index contributed by atoms with van der Waals surface area (Å²) in [4.78, 5) is 29.3. The number of nitrogens with zero attached hydrogens (tertiary/aromatic N) is 2. The Bertz CT molecular complexity index is 722. The third-order valence-corrected chi connectivity index (χ3v) is 5.11. The van der Waals surface area contributed by atoms with Crippen molar-refractivity contribution in [1.82, 2.24) is 4.90 Å². The van der Waals surface area contributed by atoms with Crippen molar-refractivity contribution in [3.63, 3.8) is 0 Å². The molecule has 0 spiro atoms. The minimum atomic E-state index is 0.0258. The van der Waals surface area contributed by atoms with Gasteiger partial charge < -0.3 is 9.80 Å². The summed E-state index contributed by atoms with van der Waals surface area (Å²) in [6.45, 7) is 4.56. The molecule has 2 aromatic rings. The van der Waals surface area contributed by atoms with E-state index >= 15 is 0 Å². The molecule has 1 heterocycles. The highest BCUT2D eigenvalue weighted by molar-refractivity contribution is 5.98. The molecular weight excluding hydrogens is 324 g/mol. The fourth-order valence-electron chi connectivity index (χ4n) is 3.52. The van der Waals surface area contributed by atoms with Crippen LogP contribution in [0.5, 0.6) is 0 Å². The lowest BCUT2D eigenvalue weighted by Gasteiger charge is -2.33. The molecule has 1 aliphatic rings. The van der Waals surface area contributed by atoms with Crippen LogP contribution in [0.25, 0.3) is 0 Å². The summed E-state index contributed by atoms with van der Waals surface area (Å²) in [5, 5.41) is 0. The summed E-state index contributed by atoms with van der Waals surface area (Å²) in [6.07, 6.45) is 1.49. The molecule has 2 aromatic carbocycles. The predicted octanol–water partition coefficient (Wildman–Crippen LogP) is 3.63. The van der Waals surface area contributed by atoms with Crippen molar-refractivity contribution in [2.75, 3.05) is 31.1 Å². The lowest BCUT2D eigenvalue weighted by molar-refractivity contribution is -0.130. The largest absolute Gasteiger partial charge is 0.362 e. The van der Waals surface area contributed by atoms with Gasteiger partial charge in [0.15, 0.2) is 5.78 Å². The first-order valence-corrected chi connectivity index (χ1v) is 9.36. The van der Waals surface area contributed by atoms with Crippen molar-refractivity contribution < 1.29 is 9.59 Å². The molecule has 1 fully saturated rings. The molecule has 1 saturated heterocycles. The van der Waals surface area contributed by atoms with Gasteiger partial charge in [0.25, 0.3) is 0 Å². The quantitative estimate of drug-likeness (QED) is 0.747. The fraction of sp³-hybridized carbons (Fsp3) is 0.364. The van der Waals surface area contributed by atoms with Crippen LogP contribution in [-0.2, 0) is 4.79 Å². The Balaban J connectivity index is 1.54. The minimum absolute atomic E-state index is 0.0258. The highest BCUT2D eigenvalue weighted by Crippen LogP contribution is 2.22. The minimum Gasteiger partial charge on any atom is -0.362 e. The van der Waals surface area contributed by atoms with Crippen LogP contribution in [-0.4, -0.2) is 42.8 Å². The first-order chi connectivity index (χ1) is 12.7. The van der Waals surface area contributed by atoms with E-state index in [0.717, 1.165) is 30.6 Å². The number of Topliss-reactive ketones (excluding diaryl/α,β-unsaturated/α-hetero) is 1. The highest BCUT2D eigenvalue weighted by atomic mass is 16.2. The Labute approximate surface area is 155 Å². The molecule has 0 unspecified atom stereocenters. The lowest BCUT2D eigenvalue weighted by atomic mass is 9.89. The number of rotatable bonds is 6. The molecule has 4 nitrogen and oxygen atoms in total. The standard InChI is InChI=1S/C22H26N2O2/c1-2-23(20-11-7-4-8-12-20)17-21(25)24-15-13-19(14-16-24)22(26)18-9-5-3-6-10-18/h3-12,19H,2,13-17H2,1H3. The van der Waals surface area contributed by atoms with Crippen LogP contribution >= 0.6 is 0 Å². The van der Waals surface area contributed by atoms with E-state index in [-0.39, 0.29) is 17.6 Å². The molecule has 0 bridgehead atoms. The normalized spacial score (nSPS) is 14.9. The molecule has 0 saturated carbocycles. The monoisotopic (exact) mass is 350 g/mol. The molecule has 3 rings (SSSR count). The number of piperidine rings is 1. The summed E-state index contributed by atoms with van der Waals surface area (Å²) in [5.74, 6) is 0.372. The Morgan fingerprint density at radius 2 is 1.54 bits per heavy atom. The van der Waals surface area contributed by atoms with E-state index in [9.17, 15) is 9.59 Å². The number of likely N-dealkylation sites (N-methyl/N-ethyl adjacent to an activating group) is 1. The number of carbonyl (C=O) groups excluding carboxylic acids is 2. The van der Waals surface area contributed by atoms with Gasteiger partial charge in [-0.1, -0.05) is 48.5 Å². The second-order valence-electron chi connectivity index (χ2n) is 6.74. The first kappa shape index (κ1) is 18.2. The van der Waals surface area contributed by atoms with Gasteiger partial charge in [0.2, 0.25) is 5.91 Å². The number of hydrogen-bond acceptors (Lipinski definition) is 3. The SMILES string of the molecule is CCN(CC(=O)N1CCC(C(=O)c2ccccc2)CC1)c1ccccc1. The molecule has 0 N–H and O–H groups in total. The van der Waals surface area contributed by atoms with E-state index in [1.807, 2.05) is 65.6 Å². The summed E-state index contributed by atoms with van der Waals surface area (Å²) in [6, 6.07) is 19.5. The van der Waals surface area contributed by atoms with Crippen LogP contribution in [0.4, 0.5) is 5.69 Å². The van der Waals surface area contributed by atoms with E-state index in [1.165, 1.54) is 0 Å². The number of likely N-dealkylation sites (tertiary alicyclic amines) is 1. The molecule has 0 atom stereocenters. The Morgan fingerprint density at radius 1 is 0.962 bits per heavy atom. The molecule has 0 radical (unpaired) electrons. The van der Waals surface area contributed by atoms with Crippen LogP contribution in [0.15, 0.2) is 60.7 Å². The fourth-order valence-corrected chi connectivity index (χ4v) is 3.52.